The molecular weight excluding hydrogens is 617 g/mol. The molecule has 48 heavy (non-hydrogen) atoms. The van der Waals surface area contributed by atoms with Gasteiger partial charge in [-0.2, -0.15) is 18.4 Å². The second kappa shape index (κ2) is 10.6. The van der Waals surface area contributed by atoms with Crippen LogP contribution >= 0.6 is 0 Å². The Bertz CT molecular complexity index is 2020. The van der Waals surface area contributed by atoms with Gasteiger partial charge in [-0.25, -0.2) is 4.98 Å². The van der Waals surface area contributed by atoms with Gasteiger partial charge in [0.2, 0.25) is 0 Å². The number of fused-ring (bicyclic) bond motifs is 1. The zero-order valence-electron chi connectivity index (χ0n) is 27.0. The third kappa shape index (κ3) is 5.40. The maximum atomic E-state index is 14.6. The predicted octanol–water partition coefficient (Wildman–Crippen LogP) is 6.79. The van der Waals surface area contributed by atoms with Gasteiger partial charge in [-0.15, -0.1) is 10.2 Å². The number of halogens is 3. The number of hydrogen-bond acceptors (Lipinski definition) is 7. The second-order valence-corrected chi connectivity index (χ2v) is 14.6. The number of pyridine rings is 1. The first kappa shape index (κ1) is 30.6. The average Bonchev–Trinajstić information content (AvgIpc) is 3.70. The Labute approximate surface area is 276 Å². The minimum Gasteiger partial charge on any atom is -0.367 e. The lowest BCUT2D eigenvalue weighted by atomic mass is 9.97. The summed E-state index contributed by atoms with van der Waals surface area (Å²) in [4.78, 5) is 22.4. The van der Waals surface area contributed by atoms with Crippen molar-refractivity contribution in [3.63, 3.8) is 0 Å². The van der Waals surface area contributed by atoms with Gasteiger partial charge in [-0.3, -0.25) is 14.6 Å². The minimum absolute atomic E-state index is 0.0346. The van der Waals surface area contributed by atoms with Crippen molar-refractivity contribution in [2.75, 3.05) is 23.3 Å². The molecule has 0 radical (unpaired) electrons. The number of hydrogen-bond donors (Lipinski definition) is 1. The summed E-state index contributed by atoms with van der Waals surface area (Å²) >= 11 is 0. The zero-order valence-corrected chi connectivity index (χ0v) is 27.0. The zero-order chi connectivity index (χ0) is 33.6. The van der Waals surface area contributed by atoms with Gasteiger partial charge in [0.1, 0.15) is 18.0 Å². The summed E-state index contributed by atoms with van der Waals surface area (Å²) in [5.74, 6) is 0.779. The fourth-order valence-electron chi connectivity index (χ4n) is 7.35. The molecule has 4 aliphatic rings. The number of nitriles is 1. The van der Waals surface area contributed by atoms with E-state index in [4.69, 9.17) is 4.98 Å². The number of alkyl halides is 3. The summed E-state index contributed by atoms with van der Waals surface area (Å²) in [7, 11) is 1.82. The number of nitrogens with one attached hydrogen (secondary N) is 1. The summed E-state index contributed by atoms with van der Waals surface area (Å²) in [5, 5.41) is 21.5. The monoisotopic (exact) mass is 652 g/mol. The number of aryl methyl sites for hydroxylation is 1. The summed E-state index contributed by atoms with van der Waals surface area (Å²) in [6, 6.07) is 14.0. The smallest absolute Gasteiger partial charge is 0.367 e. The van der Waals surface area contributed by atoms with Crippen LogP contribution in [0.5, 0.6) is 0 Å². The highest BCUT2D eigenvalue weighted by Crippen LogP contribution is 2.53. The number of carbonyl (C=O) groups is 1. The van der Waals surface area contributed by atoms with E-state index in [0.717, 1.165) is 25.9 Å². The Morgan fingerprint density at radius 1 is 1.06 bits per heavy atom. The Balaban J connectivity index is 1.21. The van der Waals surface area contributed by atoms with Crippen LogP contribution in [0.15, 0.2) is 48.8 Å². The molecule has 4 heterocycles. The first-order chi connectivity index (χ1) is 22.8. The van der Waals surface area contributed by atoms with Gasteiger partial charge in [0, 0.05) is 37.3 Å². The highest BCUT2D eigenvalue weighted by atomic mass is 19.4. The Hall–Kier alpha value is -4.76. The van der Waals surface area contributed by atoms with Crippen LogP contribution in [-0.2, 0) is 26.3 Å². The summed E-state index contributed by atoms with van der Waals surface area (Å²) in [6.07, 6.45) is 1.31. The van der Waals surface area contributed by atoms with Gasteiger partial charge in [0.15, 0.2) is 5.82 Å². The van der Waals surface area contributed by atoms with Gasteiger partial charge in [-0.1, -0.05) is 13.8 Å². The van der Waals surface area contributed by atoms with Crippen LogP contribution in [0, 0.1) is 22.2 Å². The lowest BCUT2D eigenvalue weighted by Crippen LogP contribution is -2.25. The number of amides is 1. The largest absolute Gasteiger partial charge is 0.416 e. The van der Waals surface area contributed by atoms with Crippen molar-refractivity contribution >= 4 is 17.5 Å². The van der Waals surface area contributed by atoms with Crippen molar-refractivity contribution in [3.8, 4) is 28.6 Å². The Kier molecular flexibility index (Phi) is 6.76. The van der Waals surface area contributed by atoms with E-state index in [-0.39, 0.29) is 34.9 Å². The van der Waals surface area contributed by atoms with Crippen LogP contribution in [-0.4, -0.2) is 49.7 Å². The van der Waals surface area contributed by atoms with E-state index in [1.807, 2.05) is 13.1 Å². The second-order valence-electron chi connectivity index (χ2n) is 14.6. The normalized spacial score (nSPS) is 20.6. The first-order valence-corrected chi connectivity index (χ1v) is 16.3. The van der Waals surface area contributed by atoms with Crippen molar-refractivity contribution < 1.29 is 18.0 Å². The van der Waals surface area contributed by atoms with Crippen LogP contribution < -0.4 is 10.2 Å². The molecule has 246 valence electrons. The number of anilines is 2. The van der Waals surface area contributed by atoms with Crippen LogP contribution in [0.3, 0.4) is 0 Å². The molecule has 1 atom stereocenters. The van der Waals surface area contributed by atoms with Crippen molar-refractivity contribution in [2.24, 2.45) is 17.9 Å². The van der Waals surface area contributed by atoms with Gasteiger partial charge >= 0.3 is 6.18 Å². The SMILES string of the molecule is Cn1cnnc1-c1ccc(C#N)cc1-c1cc(N[C@@H]2CC2(C)C)nc(N2Cc3c(cc(CN4CCC5(CC5)C4)cc3C(F)(F)F)C2=O)c1. The molecule has 1 spiro atoms. The van der Waals surface area contributed by atoms with Crippen molar-refractivity contribution in [3.05, 3.63) is 76.6 Å². The van der Waals surface area contributed by atoms with E-state index < -0.39 is 17.6 Å². The van der Waals surface area contributed by atoms with Crippen LogP contribution in [0.2, 0.25) is 0 Å². The molecule has 2 aliphatic heterocycles. The predicted molar refractivity (Wildman–Crippen MR) is 174 cm³/mol. The van der Waals surface area contributed by atoms with Gasteiger partial charge in [0.05, 0.1) is 23.7 Å². The molecule has 0 bridgehead atoms. The highest BCUT2D eigenvalue weighted by Gasteiger charge is 2.48. The molecule has 12 heteroatoms. The minimum atomic E-state index is -4.62. The molecule has 2 aromatic heterocycles. The highest BCUT2D eigenvalue weighted by molar-refractivity contribution is 6.10. The molecule has 1 N–H and O–H groups in total. The third-order valence-corrected chi connectivity index (χ3v) is 10.6. The Morgan fingerprint density at radius 3 is 2.50 bits per heavy atom. The molecule has 2 aromatic carbocycles. The molecule has 3 fully saturated rings. The summed E-state index contributed by atoms with van der Waals surface area (Å²) in [5.41, 5.74) is 2.57. The van der Waals surface area contributed by atoms with Crippen molar-refractivity contribution in [1.29, 1.82) is 5.26 Å². The number of carbonyl (C=O) groups excluding carboxylic acids is 1. The van der Waals surface area contributed by atoms with Gasteiger partial charge < -0.3 is 9.88 Å². The quantitative estimate of drug-likeness (QED) is 0.235. The lowest BCUT2D eigenvalue weighted by Gasteiger charge is -2.20. The maximum Gasteiger partial charge on any atom is 0.416 e. The first-order valence-electron chi connectivity index (χ1n) is 16.3. The Morgan fingerprint density at radius 2 is 1.85 bits per heavy atom. The lowest BCUT2D eigenvalue weighted by molar-refractivity contribution is -0.138. The molecule has 2 aliphatic carbocycles. The van der Waals surface area contributed by atoms with E-state index in [2.05, 4.69) is 40.3 Å². The molecule has 8 rings (SSSR count). The molecule has 2 saturated carbocycles. The van der Waals surface area contributed by atoms with E-state index >= 15 is 0 Å². The molecule has 1 amide bonds. The number of nitrogens with zero attached hydrogens (tertiary/aromatic N) is 7. The van der Waals surface area contributed by atoms with Crippen LogP contribution in [0.25, 0.3) is 22.5 Å². The van der Waals surface area contributed by atoms with Gasteiger partial charge in [0.25, 0.3) is 5.91 Å². The van der Waals surface area contributed by atoms with E-state index in [0.29, 0.717) is 51.4 Å². The van der Waals surface area contributed by atoms with Crippen LogP contribution in [0.4, 0.5) is 24.8 Å². The number of rotatable bonds is 7. The molecule has 4 aromatic rings. The fourth-order valence-corrected chi connectivity index (χ4v) is 7.35. The van der Waals surface area contributed by atoms with E-state index in [1.165, 1.54) is 23.8 Å². The van der Waals surface area contributed by atoms with Crippen LogP contribution in [0.1, 0.15) is 72.1 Å². The van der Waals surface area contributed by atoms with Crippen molar-refractivity contribution in [1.82, 2.24) is 24.6 Å². The summed E-state index contributed by atoms with van der Waals surface area (Å²) in [6.45, 7) is 6.15. The van der Waals surface area contributed by atoms with Gasteiger partial charge in [-0.05, 0) is 108 Å². The molecular formula is C36H35F3N8O. The standard InChI is InChI=1S/C36H35F3N8O/c1-34(2)15-29(34)42-30-13-23(25-10-21(16-40)4-5-24(25)32-44-41-20-45(32)3)14-31(43-30)47-18-27-26(33(47)48)11-22(12-28(27)36(37,38)39)17-46-9-8-35(19-46)6-7-35/h4-5,10-14,20,29H,6-9,15,17-19H2,1-3H3,(H,42,43)/t29-/m1/s1. The molecule has 1 saturated heterocycles. The number of likely N-dealkylation sites (tertiary alicyclic amines) is 1. The maximum absolute atomic E-state index is 14.6. The fraction of sp³-hybridized carbons (Fsp3) is 0.417. The molecule has 9 nitrogen and oxygen atoms in total. The topological polar surface area (TPSA) is 103 Å². The van der Waals surface area contributed by atoms with E-state index in [9.17, 15) is 23.2 Å². The summed E-state index contributed by atoms with van der Waals surface area (Å²) < 4.78 is 45.5. The third-order valence-electron chi connectivity index (χ3n) is 10.6. The number of aromatic nitrogens is 4. The number of benzene rings is 2. The van der Waals surface area contributed by atoms with E-state index in [1.54, 1.807) is 41.2 Å². The average molecular weight is 653 g/mol. The van der Waals surface area contributed by atoms with Crippen molar-refractivity contribution in [2.45, 2.75) is 64.8 Å². The molecule has 0 unspecified atom stereocenters.